The van der Waals surface area contributed by atoms with E-state index in [1.807, 2.05) is 28.7 Å². The molecule has 0 atom stereocenters. The fourth-order valence-corrected chi connectivity index (χ4v) is 10.4. The van der Waals surface area contributed by atoms with Gasteiger partial charge in [-0.05, 0) is 91.0 Å². The van der Waals surface area contributed by atoms with Crippen LogP contribution >= 0.6 is 22.7 Å². The Morgan fingerprint density at radius 1 is 0.440 bits per heavy atom. The summed E-state index contributed by atoms with van der Waals surface area (Å²) in [5.41, 5.74) is 10.0. The summed E-state index contributed by atoms with van der Waals surface area (Å²) in [5, 5.41) is 9.40. The lowest BCUT2D eigenvalue weighted by molar-refractivity contribution is 0.758. The monoisotopic (exact) mass is 673 g/mol. The van der Waals surface area contributed by atoms with Gasteiger partial charge in [-0.15, -0.1) is 22.7 Å². The second-order valence-electron chi connectivity index (χ2n) is 13.0. The first-order valence-corrected chi connectivity index (χ1v) is 18.6. The summed E-state index contributed by atoms with van der Waals surface area (Å²) in [4.78, 5) is 15.7. The molecule has 0 N–H and O–H groups in total. The number of rotatable bonds is 3. The van der Waals surface area contributed by atoms with Gasteiger partial charge in [0.25, 0.3) is 0 Å². The van der Waals surface area contributed by atoms with Crippen LogP contribution in [0.15, 0.2) is 162 Å². The van der Waals surface area contributed by atoms with E-state index < -0.39 is 5.41 Å². The van der Waals surface area contributed by atoms with E-state index in [0.29, 0.717) is 5.82 Å². The van der Waals surface area contributed by atoms with E-state index in [1.54, 1.807) is 0 Å². The van der Waals surface area contributed by atoms with Gasteiger partial charge < -0.3 is 0 Å². The largest absolute Gasteiger partial charge is 0.294 e. The summed E-state index contributed by atoms with van der Waals surface area (Å²) < 4.78 is 0. The van der Waals surface area contributed by atoms with Gasteiger partial charge in [0.15, 0.2) is 5.82 Å². The first kappa shape index (κ1) is 28.0. The Morgan fingerprint density at radius 2 is 0.920 bits per heavy atom. The SMILES string of the molecule is c1ccc(-c2cc(N3c4cc5ccccc5cc4C4(c5cc6ccccc6cc53)c3ccsc3-c3sccc34)nc(-c3ccccc3)n2)cc1. The molecule has 9 aromatic rings. The predicted molar refractivity (Wildman–Crippen MR) is 209 cm³/mol. The van der Waals surface area contributed by atoms with Gasteiger partial charge in [0.05, 0.1) is 22.5 Å². The fourth-order valence-electron chi connectivity index (χ4n) is 8.26. The van der Waals surface area contributed by atoms with Gasteiger partial charge in [0.1, 0.15) is 5.82 Å². The zero-order chi connectivity index (χ0) is 32.8. The molecule has 3 aromatic heterocycles. The molecule has 0 bridgehead atoms. The third-order valence-electron chi connectivity index (χ3n) is 10.4. The number of thiophene rings is 2. The number of hydrogen-bond donors (Lipinski definition) is 0. The van der Waals surface area contributed by atoms with Crippen LogP contribution in [0.4, 0.5) is 17.2 Å². The zero-order valence-electron chi connectivity index (χ0n) is 26.7. The molecule has 11 rings (SSSR count). The van der Waals surface area contributed by atoms with Gasteiger partial charge in [-0.2, -0.15) is 0 Å². The van der Waals surface area contributed by atoms with Crippen molar-refractivity contribution < 1.29 is 0 Å². The van der Waals surface area contributed by atoms with E-state index in [0.717, 1.165) is 34.0 Å². The maximum atomic E-state index is 5.41. The van der Waals surface area contributed by atoms with Crippen LogP contribution in [-0.2, 0) is 5.41 Å². The molecule has 1 aliphatic carbocycles. The summed E-state index contributed by atoms with van der Waals surface area (Å²) in [6.07, 6.45) is 0. The summed E-state index contributed by atoms with van der Waals surface area (Å²) in [6.45, 7) is 0. The Bertz CT molecular complexity index is 2590. The lowest BCUT2D eigenvalue weighted by Crippen LogP contribution is -2.36. The molecule has 1 spiro atoms. The Kier molecular flexibility index (Phi) is 5.91. The van der Waals surface area contributed by atoms with Crippen molar-refractivity contribution in [2.75, 3.05) is 4.90 Å². The molecule has 0 unspecified atom stereocenters. The standard InChI is InChI=1S/C45H27N3S2/c1-3-11-28(12-4-1)38-27-41(47-44(46-38)29-13-5-2-6-14-29)48-39-25-32-17-9-7-15-30(32)23-36(39)45(34-19-21-49-42(34)43-35(45)20-22-50-43)37-24-31-16-8-10-18-33(31)26-40(37)48/h1-27H. The van der Waals surface area contributed by atoms with Crippen molar-refractivity contribution in [3.05, 3.63) is 185 Å². The van der Waals surface area contributed by atoms with Crippen molar-refractivity contribution in [1.82, 2.24) is 9.97 Å². The van der Waals surface area contributed by atoms with Crippen LogP contribution in [0.5, 0.6) is 0 Å². The molecule has 5 heteroatoms. The summed E-state index contributed by atoms with van der Waals surface area (Å²) in [7, 11) is 0. The molecule has 0 saturated carbocycles. The van der Waals surface area contributed by atoms with Gasteiger partial charge >= 0.3 is 0 Å². The number of hydrogen-bond acceptors (Lipinski definition) is 5. The molecule has 0 radical (unpaired) electrons. The molecule has 6 aromatic carbocycles. The average Bonchev–Trinajstić information content (AvgIpc) is 3.91. The van der Waals surface area contributed by atoms with E-state index in [-0.39, 0.29) is 0 Å². The number of anilines is 3. The molecule has 50 heavy (non-hydrogen) atoms. The zero-order valence-corrected chi connectivity index (χ0v) is 28.4. The van der Waals surface area contributed by atoms with Crippen molar-refractivity contribution in [3.8, 4) is 32.4 Å². The minimum absolute atomic E-state index is 0.475. The smallest absolute Gasteiger partial charge is 0.162 e. The molecular weight excluding hydrogens is 647 g/mol. The van der Waals surface area contributed by atoms with Crippen molar-refractivity contribution in [2.45, 2.75) is 5.41 Å². The molecule has 234 valence electrons. The van der Waals surface area contributed by atoms with Crippen LogP contribution in [-0.4, -0.2) is 9.97 Å². The van der Waals surface area contributed by atoms with Crippen molar-refractivity contribution in [2.24, 2.45) is 0 Å². The number of aromatic nitrogens is 2. The first-order chi connectivity index (χ1) is 24.8. The summed E-state index contributed by atoms with van der Waals surface area (Å²) in [6, 6.07) is 54.8. The highest BCUT2D eigenvalue weighted by molar-refractivity contribution is 7.21. The first-order valence-electron chi connectivity index (χ1n) is 16.8. The van der Waals surface area contributed by atoms with Crippen LogP contribution in [0.1, 0.15) is 22.3 Å². The molecule has 4 heterocycles. The highest BCUT2D eigenvalue weighted by Gasteiger charge is 2.53. The molecule has 0 amide bonds. The van der Waals surface area contributed by atoms with Gasteiger partial charge in [-0.1, -0.05) is 109 Å². The lowest BCUT2D eigenvalue weighted by atomic mass is 9.64. The van der Waals surface area contributed by atoms with Gasteiger partial charge in [0.2, 0.25) is 0 Å². The van der Waals surface area contributed by atoms with Crippen LogP contribution in [0.3, 0.4) is 0 Å². The minimum atomic E-state index is -0.475. The molecule has 1 aliphatic heterocycles. The summed E-state index contributed by atoms with van der Waals surface area (Å²) in [5.74, 6) is 1.54. The average molecular weight is 674 g/mol. The molecule has 2 aliphatic rings. The molecular formula is C45H27N3S2. The second kappa shape index (κ2) is 10.6. The van der Waals surface area contributed by atoms with Crippen molar-refractivity contribution in [1.29, 1.82) is 0 Å². The third kappa shape index (κ3) is 3.84. The number of nitrogens with zero attached hydrogens (tertiary/aromatic N) is 3. The maximum Gasteiger partial charge on any atom is 0.162 e. The molecule has 0 fully saturated rings. The predicted octanol–water partition coefficient (Wildman–Crippen LogP) is 12.4. The Labute approximate surface area is 297 Å². The van der Waals surface area contributed by atoms with E-state index in [9.17, 15) is 0 Å². The molecule has 3 nitrogen and oxygen atoms in total. The Balaban J connectivity index is 1.30. The highest BCUT2D eigenvalue weighted by atomic mass is 32.1. The van der Waals surface area contributed by atoms with E-state index in [2.05, 4.69) is 161 Å². The van der Waals surface area contributed by atoms with Crippen molar-refractivity contribution >= 4 is 61.4 Å². The van der Waals surface area contributed by atoms with E-state index in [1.165, 1.54) is 53.6 Å². The van der Waals surface area contributed by atoms with Gasteiger partial charge in [0, 0.05) is 26.9 Å². The highest BCUT2D eigenvalue weighted by Crippen LogP contribution is 2.66. The number of fused-ring (bicyclic) bond motifs is 11. The second-order valence-corrected chi connectivity index (χ2v) is 14.8. The van der Waals surface area contributed by atoms with E-state index in [4.69, 9.17) is 9.97 Å². The van der Waals surface area contributed by atoms with Crippen molar-refractivity contribution in [3.63, 3.8) is 0 Å². The maximum absolute atomic E-state index is 5.41. The fraction of sp³-hybridized carbons (Fsp3) is 0.0222. The lowest BCUT2D eigenvalue weighted by Gasteiger charge is -2.44. The third-order valence-corrected chi connectivity index (χ3v) is 12.4. The van der Waals surface area contributed by atoms with E-state index >= 15 is 0 Å². The van der Waals surface area contributed by atoms with Crippen LogP contribution < -0.4 is 4.90 Å². The molecule has 0 saturated heterocycles. The topological polar surface area (TPSA) is 29.0 Å². The van der Waals surface area contributed by atoms with Crippen LogP contribution in [0, 0.1) is 0 Å². The Morgan fingerprint density at radius 3 is 1.46 bits per heavy atom. The van der Waals surface area contributed by atoms with Crippen LogP contribution in [0.25, 0.3) is 53.9 Å². The Hall–Kier alpha value is -5.88. The van der Waals surface area contributed by atoms with Crippen LogP contribution in [0.2, 0.25) is 0 Å². The van der Waals surface area contributed by atoms with Gasteiger partial charge in [-0.3, -0.25) is 4.90 Å². The minimum Gasteiger partial charge on any atom is -0.294 e. The summed E-state index contributed by atoms with van der Waals surface area (Å²) >= 11 is 3.71. The normalized spacial score (nSPS) is 13.7. The quantitative estimate of drug-likeness (QED) is 0.187. The number of benzene rings is 6. The van der Waals surface area contributed by atoms with Gasteiger partial charge in [-0.25, -0.2) is 9.97 Å².